The van der Waals surface area contributed by atoms with Crippen molar-refractivity contribution in [1.29, 1.82) is 0 Å². The molecule has 0 N–H and O–H groups in total. The first-order valence-corrected chi connectivity index (χ1v) is 6.77. The molecule has 0 radical (unpaired) electrons. The first-order chi connectivity index (χ1) is 9.49. The van der Waals surface area contributed by atoms with Gasteiger partial charge in [-0.15, -0.1) is 10.2 Å². The molecule has 0 amide bonds. The highest BCUT2D eigenvalue weighted by Gasteiger charge is 2.08. The van der Waals surface area contributed by atoms with E-state index in [2.05, 4.69) is 60.4 Å². The van der Waals surface area contributed by atoms with Crippen LogP contribution in [-0.2, 0) is 0 Å². The predicted molar refractivity (Wildman–Crippen MR) is 83.9 cm³/mol. The van der Waals surface area contributed by atoms with E-state index < -0.39 is 0 Å². The summed E-state index contributed by atoms with van der Waals surface area (Å²) < 4.78 is 0. The lowest BCUT2D eigenvalue weighted by atomic mass is 10.0. The molecule has 1 atom stereocenters. The number of aromatic nitrogens is 2. The van der Waals surface area contributed by atoms with Crippen LogP contribution in [0.2, 0.25) is 0 Å². The largest absolute Gasteiger partial charge is 0.361 e. The summed E-state index contributed by atoms with van der Waals surface area (Å²) in [6.45, 7) is 2.20. The number of hydrogen-bond acceptors (Lipinski definition) is 4. The highest BCUT2D eigenvalue weighted by molar-refractivity contribution is 5.60. The minimum atomic E-state index is 0.409. The third kappa shape index (κ3) is 3.14. The fraction of sp³-hybridized carbons (Fsp3) is 0.375. The predicted octanol–water partition coefficient (Wildman–Crippen LogP) is 2.83. The van der Waals surface area contributed by atoms with Gasteiger partial charge in [-0.1, -0.05) is 24.3 Å². The maximum atomic E-state index is 4.28. The van der Waals surface area contributed by atoms with Crippen molar-refractivity contribution in [2.24, 2.45) is 0 Å². The molecule has 0 bridgehead atoms. The zero-order valence-corrected chi connectivity index (χ0v) is 12.8. The fourth-order valence-corrected chi connectivity index (χ4v) is 1.95. The van der Waals surface area contributed by atoms with Gasteiger partial charge in [0.25, 0.3) is 0 Å². The summed E-state index contributed by atoms with van der Waals surface area (Å²) in [5.41, 5.74) is 3.30. The van der Waals surface area contributed by atoms with Gasteiger partial charge < -0.3 is 9.80 Å². The molecule has 2 rings (SSSR count). The standard InChI is InChI=1S/C16H22N4/c1-12(19(2)3)13-6-8-14(9-7-13)15-10-11-16(18-17-15)20(4)5/h6-12H,1-5H3/t12-/m1/s1. The summed E-state index contributed by atoms with van der Waals surface area (Å²) in [7, 11) is 8.09. The van der Waals surface area contributed by atoms with E-state index in [1.807, 2.05) is 31.1 Å². The third-order valence-electron chi connectivity index (χ3n) is 3.57. The van der Waals surface area contributed by atoms with E-state index >= 15 is 0 Å². The Morgan fingerprint density at radius 3 is 1.95 bits per heavy atom. The van der Waals surface area contributed by atoms with Crippen LogP contribution in [0, 0.1) is 0 Å². The number of anilines is 1. The average molecular weight is 270 g/mol. The molecule has 20 heavy (non-hydrogen) atoms. The van der Waals surface area contributed by atoms with Crippen molar-refractivity contribution in [3.05, 3.63) is 42.0 Å². The molecule has 0 aliphatic carbocycles. The summed E-state index contributed by atoms with van der Waals surface area (Å²) in [5.74, 6) is 0.867. The van der Waals surface area contributed by atoms with Crippen LogP contribution in [0.5, 0.6) is 0 Å². The van der Waals surface area contributed by atoms with Crippen molar-refractivity contribution in [2.75, 3.05) is 33.1 Å². The smallest absolute Gasteiger partial charge is 0.150 e. The molecule has 0 aliphatic rings. The zero-order valence-electron chi connectivity index (χ0n) is 12.8. The Kier molecular flexibility index (Phi) is 4.35. The Bertz CT molecular complexity index is 544. The van der Waals surface area contributed by atoms with Gasteiger partial charge in [0.05, 0.1) is 5.69 Å². The van der Waals surface area contributed by atoms with Crippen LogP contribution in [0.1, 0.15) is 18.5 Å². The quantitative estimate of drug-likeness (QED) is 0.855. The molecule has 1 aromatic carbocycles. The van der Waals surface area contributed by atoms with Gasteiger partial charge in [0.15, 0.2) is 5.82 Å². The number of hydrogen-bond donors (Lipinski definition) is 0. The van der Waals surface area contributed by atoms with Crippen LogP contribution in [0.4, 0.5) is 5.82 Å². The van der Waals surface area contributed by atoms with Gasteiger partial charge in [0.1, 0.15) is 0 Å². The summed E-state index contributed by atoms with van der Waals surface area (Å²) in [4.78, 5) is 4.14. The average Bonchev–Trinajstić information content (AvgIpc) is 2.46. The van der Waals surface area contributed by atoms with Crippen molar-refractivity contribution in [3.63, 3.8) is 0 Å². The Morgan fingerprint density at radius 2 is 1.50 bits per heavy atom. The van der Waals surface area contributed by atoms with Gasteiger partial charge in [-0.05, 0) is 38.7 Å². The van der Waals surface area contributed by atoms with E-state index in [9.17, 15) is 0 Å². The Balaban J connectivity index is 2.21. The van der Waals surface area contributed by atoms with Crippen LogP contribution in [0.25, 0.3) is 11.3 Å². The molecule has 4 nitrogen and oxygen atoms in total. The van der Waals surface area contributed by atoms with E-state index in [0.29, 0.717) is 6.04 Å². The summed E-state index contributed by atoms with van der Waals surface area (Å²) >= 11 is 0. The number of rotatable bonds is 4. The molecule has 4 heteroatoms. The second kappa shape index (κ2) is 6.01. The Hall–Kier alpha value is -1.94. The van der Waals surface area contributed by atoms with Crippen molar-refractivity contribution >= 4 is 5.82 Å². The first kappa shape index (κ1) is 14.5. The van der Waals surface area contributed by atoms with Crippen LogP contribution >= 0.6 is 0 Å². The van der Waals surface area contributed by atoms with Crippen molar-refractivity contribution in [1.82, 2.24) is 15.1 Å². The number of benzene rings is 1. The third-order valence-corrected chi connectivity index (χ3v) is 3.57. The van der Waals surface area contributed by atoms with Crippen LogP contribution < -0.4 is 4.90 Å². The summed E-state index contributed by atoms with van der Waals surface area (Å²) in [5, 5.41) is 8.49. The zero-order chi connectivity index (χ0) is 14.7. The van der Waals surface area contributed by atoms with E-state index in [1.54, 1.807) is 0 Å². The molecule has 1 heterocycles. The molecule has 0 saturated carbocycles. The lowest BCUT2D eigenvalue weighted by Gasteiger charge is -2.20. The van der Waals surface area contributed by atoms with Gasteiger partial charge in [-0.2, -0.15) is 0 Å². The van der Waals surface area contributed by atoms with Crippen molar-refractivity contribution in [3.8, 4) is 11.3 Å². The van der Waals surface area contributed by atoms with Gasteiger partial charge in [-0.3, -0.25) is 0 Å². The molecule has 0 spiro atoms. The first-order valence-electron chi connectivity index (χ1n) is 6.77. The van der Waals surface area contributed by atoms with E-state index in [4.69, 9.17) is 0 Å². The molecule has 1 aromatic heterocycles. The second-order valence-electron chi connectivity index (χ2n) is 5.43. The lowest BCUT2D eigenvalue weighted by Crippen LogP contribution is -2.16. The van der Waals surface area contributed by atoms with Crippen molar-refractivity contribution in [2.45, 2.75) is 13.0 Å². The Labute approximate surface area is 121 Å². The lowest BCUT2D eigenvalue weighted by molar-refractivity contribution is 0.321. The Morgan fingerprint density at radius 1 is 0.850 bits per heavy atom. The van der Waals surface area contributed by atoms with Crippen LogP contribution in [0.15, 0.2) is 36.4 Å². The molecule has 0 unspecified atom stereocenters. The van der Waals surface area contributed by atoms with Crippen molar-refractivity contribution < 1.29 is 0 Å². The van der Waals surface area contributed by atoms with Gasteiger partial charge in [0, 0.05) is 25.7 Å². The fourth-order valence-electron chi connectivity index (χ4n) is 1.95. The normalized spacial score (nSPS) is 12.5. The molecule has 0 saturated heterocycles. The monoisotopic (exact) mass is 270 g/mol. The maximum absolute atomic E-state index is 4.28. The molecule has 0 fully saturated rings. The molecule has 106 valence electrons. The summed E-state index contributed by atoms with van der Waals surface area (Å²) in [6, 6.07) is 12.9. The van der Waals surface area contributed by atoms with Gasteiger partial charge in [-0.25, -0.2) is 0 Å². The highest BCUT2D eigenvalue weighted by atomic mass is 15.2. The minimum Gasteiger partial charge on any atom is -0.361 e. The summed E-state index contributed by atoms with van der Waals surface area (Å²) in [6.07, 6.45) is 0. The number of nitrogens with zero attached hydrogens (tertiary/aromatic N) is 4. The van der Waals surface area contributed by atoms with Crippen LogP contribution in [0.3, 0.4) is 0 Å². The topological polar surface area (TPSA) is 32.3 Å². The van der Waals surface area contributed by atoms with Gasteiger partial charge in [0.2, 0.25) is 0 Å². The van der Waals surface area contributed by atoms with E-state index in [0.717, 1.165) is 17.1 Å². The highest BCUT2D eigenvalue weighted by Crippen LogP contribution is 2.22. The molecule has 0 aliphatic heterocycles. The van der Waals surface area contributed by atoms with E-state index in [1.165, 1.54) is 5.56 Å². The molecular weight excluding hydrogens is 248 g/mol. The van der Waals surface area contributed by atoms with Gasteiger partial charge >= 0.3 is 0 Å². The van der Waals surface area contributed by atoms with Crippen LogP contribution in [-0.4, -0.2) is 43.3 Å². The minimum absolute atomic E-state index is 0.409. The second-order valence-corrected chi connectivity index (χ2v) is 5.43. The molecular formula is C16H22N4. The maximum Gasteiger partial charge on any atom is 0.150 e. The van der Waals surface area contributed by atoms with E-state index in [-0.39, 0.29) is 0 Å². The SMILES string of the molecule is C[C@H](c1ccc(-c2ccc(N(C)C)nn2)cc1)N(C)C. The molecule has 2 aromatic rings.